The zero-order valence-electron chi connectivity index (χ0n) is 12.4. The molecule has 0 amide bonds. The largest absolute Gasteiger partial charge is 0.497 e. The van der Waals surface area contributed by atoms with Crippen LogP contribution in [0.4, 0.5) is 0 Å². The first-order chi connectivity index (χ1) is 10.3. The molecule has 0 atom stereocenters. The Hall–Kier alpha value is -1.32. The van der Waals surface area contributed by atoms with Crippen LogP contribution in [0.25, 0.3) is 10.9 Å². The lowest BCUT2D eigenvalue weighted by molar-refractivity contribution is 0.277. The van der Waals surface area contributed by atoms with Crippen LogP contribution in [0, 0.1) is 0 Å². The first-order valence-electron chi connectivity index (χ1n) is 7.62. The Balaban J connectivity index is 1.86. The highest BCUT2D eigenvalue weighted by molar-refractivity contribution is 6.30. The molecule has 1 aliphatic heterocycles. The molecule has 0 saturated carbocycles. The zero-order valence-corrected chi connectivity index (χ0v) is 13.2. The minimum Gasteiger partial charge on any atom is -0.497 e. The van der Waals surface area contributed by atoms with Crippen molar-refractivity contribution in [3.63, 3.8) is 0 Å². The summed E-state index contributed by atoms with van der Waals surface area (Å²) >= 11 is 6.38. The quantitative estimate of drug-likeness (QED) is 0.792. The van der Waals surface area contributed by atoms with Gasteiger partial charge in [-0.25, -0.2) is 4.98 Å². The molecule has 3 nitrogen and oxygen atoms in total. The average Bonchev–Trinajstić information content (AvgIpc) is 2.76. The lowest BCUT2D eigenvalue weighted by atomic mass is 10.1. The van der Waals surface area contributed by atoms with E-state index < -0.39 is 0 Å². The second kappa shape index (κ2) is 6.63. The Morgan fingerprint density at radius 2 is 1.90 bits per heavy atom. The molecule has 0 bridgehead atoms. The van der Waals surface area contributed by atoms with Crippen molar-refractivity contribution in [3.05, 3.63) is 35.0 Å². The van der Waals surface area contributed by atoms with Gasteiger partial charge < -0.3 is 4.74 Å². The Bertz CT molecular complexity index is 621. The van der Waals surface area contributed by atoms with E-state index in [4.69, 9.17) is 16.3 Å². The number of hydrogen-bond donors (Lipinski definition) is 0. The van der Waals surface area contributed by atoms with E-state index in [1.165, 1.54) is 25.7 Å². The third kappa shape index (κ3) is 3.47. The highest BCUT2D eigenvalue weighted by Gasteiger charge is 2.13. The Labute approximate surface area is 130 Å². The van der Waals surface area contributed by atoms with Crippen LogP contribution in [0.2, 0.25) is 5.15 Å². The Morgan fingerprint density at radius 1 is 1.14 bits per heavy atom. The molecule has 112 valence electrons. The second-order valence-electron chi connectivity index (χ2n) is 5.69. The van der Waals surface area contributed by atoms with Crippen molar-refractivity contribution in [1.29, 1.82) is 0 Å². The lowest BCUT2D eigenvalue weighted by Crippen LogP contribution is -2.24. The van der Waals surface area contributed by atoms with Crippen molar-refractivity contribution >= 4 is 22.5 Å². The molecule has 1 fully saturated rings. The molecule has 2 heterocycles. The number of rotatable bonds is 3. The minimum atomic E-state index is 0.611. The standard InChI is InChI=1S/C17H21ClN2O/c1-21-15-7-6-13-10-14(17(18)19-16(13)11-15)12-20-8-4-2-3-5-9-20/h6-7,10-11H,2-5,8-9,12H2,1H3. The van der Waals surface area contributed by atoms with E-state index in [2.05, 4.69) is 16.0 Å². The smallest absolute Gasteiger partial charge is 0.134 e. The Kier molecular flexibility index (Phi) is 4.61. The van der Waals surface area contributed by atoms with Crippen LogP contribution in [0.5, 0.6) is 5.75 Å². The molecule has 1 saturated heterocycles. The van der Waals surface area contributed by atoms with E-state index in [1.807, 2.05) is 18.2 Å². The van der Waals surface area contributed by atoms with E-state index in [-0.39, 0.29) is 0 Å². The maximum Gasteiger partial charge on any atom is 0.134 e. The number of aromatic nitrogens is 1. The van der Waals surface area contributed by atoms with Crippen LogP contribution in [0.1, 0.15) is 31.2 Å². The molecular weight excluding hydrogens is 284 g/mol. The molecule has 1 aromatic heterocycles. The summed E-state index contributed by atoms with van der Waals surface area (Å²) in [5.74, 6) is 0.811. The number of methoxy groups -OCH3 is 1. The van der Waals surface area contributed by atoms with Crippen LogP contribution < -0.4 is 4.74 Å². The summed E-state index contributed by atoms with van der Waals surface area (Å²) in [6.45, 7) is 3.22. The van der Waals surface area contributed by atoms with Crippen LogP contribution >= 0.6 is 11.6 Å². The molecule has 3 rings (SSSR count). The van der Waals surface area contributed by atoms with Crippen molar-refractivity contribution < 1.29 is 4.74 Å². The van der Waals surface area contributed by atoms with E-state index in [1.54, 1.807) is 7.11 Å². The van der Waals surface area contributed by atoms with Crippen LogP contribution in [-0.4, -0.2) is 30.1 Å². The van der Waals surface area contributed by atoms with Crippen molar-refractivity contribution in [2.45, 2.75) is 32.2 Å². The fourth-order valence-corrected chi connectivity index (χ4v) is 3.15. The third-order valence-corrected chi connectivity index (χ3v) is 4.47. The van der Waals surface area contributed by atoms with Crippen LogP contribution in [0.15, 0.2) is 24.3 Å². The van der Waals surface area contributed by atoms with Crippen LogP contribution in [0.3, 0.4) is 0 Å². The molecule has 2 aromatic rings. The fraction of sp³-hybridized carbons (Fsp3) is 0.471. The number of halogens is 1. The molecule has 1 aliphatic rings. The number of hydrogen-bond acceptors (Lipinski definition) is 3. The molecule has 4 heteroatoms. The summed E-state index contributed by atoms with van der Waals surface area (Å²) in [5.41, 5.74) is 2.01. The normalized spacial score (nSPS) is 16.9. The maximum atomic E-state index is 6.38. The lowest BCUT2D eigenvalue weighted by Gasteiger charge is -2.20. The second-order valence-corrected chi connectivity index (χ2v) is 6.05. The molecule has 0 spiro atoms. The van der Waals surface area contributed by atoms with Gasteiger partial charge in [-0.1, -0.05) is 24.4 Å². The highest BCUT2D eigenvalue weighted by atomic mass is 35.5. The minimum absolute atomic E-state index is 0.611. The SMILES string of the molecule is COc1ccc2cc(CN3CCCCCC3)c(Cl)nc2c1. The molecular formula is C17H21ClN2O. The predicted molar refractivity (Wildman–Crippen MR) is 87.1 cm³/mol. The topological polar surface area (TPSA) is 25.4 Å². The predicted octanol–water partition coefficient (Wildman–Crippen LogP) is 4.27. The molecule has 21 heavy (non-hydrogen) atoms. The van der Waals surface area contributed by atoms with Gasteiger partial charge >= 0.3 is 0 Å². The molecule has 0 radical (unpaired) electrons. The fourth-order valence-electron chi connectivity index (χ4n) is 2.94. The van der Waals surface area contributed by atoms with Gasteiger partial charge in [0.05, 0.1) is 12.6 Å². The summed E-state index contributed by atoms with van der Waals surface area (Å²) in [6.07, 6.45) is 5.27. The first-order valence-corrected chi connectivity index (χ1v) is 7.99. The van der Waals surface area contributed by atoms with Gasteiger partial charge in [0.25, 0.3) is 0 Å². The third-order valence-electron chi connectivity index (χ3n) is 4.14. The average molecular weight is 305 g/mol. The van der Waals surface area contributed by atoms with Gasteiger partial charge in [0.1, 0.15) is 10.9 Å². The van der Waals surface area contributed by atoms with Crippen molar-refractivity contribution in [1.82, 2.24) is 9.88 Å². The van der Waals surface area contributed by atoms with Crippen LogP contribution in [-0.2, 0) is 6.54 Å². The molecule has 0 aliphatic carbocycles. The van der Waals surface area contributed by atoms with Gasteiger partial charge in [0.2, 0.25) is 0 Å². The molecule has 1 aromatic carbocycles. The van der Waals surface area contributed by atoms with E-state index >= 15 is 0 Å². The molecule has 0 N–H and O–H groups in total. The van der Waals surface area contributed by atoms with E-state index in [0.717, 1.165) is 41.9 Å². The van der Waals surface area contributed by atoms with Gasteiger partial charge in [-0.3, -0.25) is 4.90 Å². The molecule has 0 unspecified atom stereocenters. The van der Waals surface area contributed by atoms with Gasteiger partial charge in [0, 0.05) is 23.6 Å². The number of benzene rings is 1. The van der Waals surface area contributed by atoms with Gasteiger partial charge in [-0.2, -0.15) is 0 Å². The highest BCUT2D eigenvalue weighted by Crippen LogP contribution is 2.25. The monoisotopic (exact) mass is 304 g/mol. The van der Waals surface area contributed by atoms with E-state index in [0.29, 0.717) is 5.15 Å². The van der Waals surface area contributed by atoms with Crippen molar-refractivity contribution in [3.8, 4) is 5.75 Å². The van der Waals surface area contributed by atoms with Crippen molar-refractivity contribution in [2.75, 3.05) is 20.2 Å². The first kappa shape index (κ1) is 14.6. The van der Waals surface area contributed by atoms with Gasteiger partial charge in [-0.15, -0.1) is 0 Å². The maximum absolute atomic E-state index is 6.38. The summed E-state index contributed by atoms with van der Waals surface area (Å²) < 4.78 is 5.24. The number of likely N-dealkylation sites (tertiary alicyclic amines) is 1. The van der Waals surface area contributed by atoms with Crippen molar-refractivity contribution in [2.24, 2.45) is 0 Å². The Morgan fingerprint density at radius 3 is 2.62 bits per heavy atom. The number of nitrogens with zero attached hydrogens (tertiary/aromatic N) is 2. The number of ether oxygens (including phenoxy) is 1. The summed E-state index contributed by atoms with van der Waals surface area (Å²) in [6, 6.07) is 8.10. The summed E-state index contributed by atoms with van der Waals surface area (Å²) in [7, 11) is 1.66. The van der Waals surface area contributed by atoms with E-state index in [9.17, 15) is 0 Å². The number of pyridine rings is 1. The van der Waals surface area contributed by atoms with Gasteiger partial charge in [0.15, 0.2) is 0 Å². The van der Waals surface area contributed by atoms with Gasteiger partial charge in [-0.05, 0) is 44.1 Å². The summed E-state index contributed by atoms with van der Waals surface area (Å²) in [5, 5.41) is 1.73. The number of fused-ring (bicyclic) bond motifs is 1. The summed E-state index contributed by atoms with van der Waals surface area (Å²) in [4.78, 5) is 7.02. The zero-order chi connectivity index (χ0) is 14.7.